The lowest BCUT2D eigenvalue weighted by Gasteiger charge is -2.34. The highest BCUT2D eigenvalue weighted by molar-refractivity contribution is 5.94. The first kappa shape index (κ1) is 25.5. The van der Waals surface area contributed by atoms with Crippen LogP contribution in [0.1, 0.15) is 39.3 Å². The maximum absolute atomic E-state index is 12.5. The van der Waals surface area contributed by atoms with Crippen LogP contribution >= 0.6 is 0 Å². The van der Waals surface area contributed by atoms with Gasteiger partial charge in [-0.25, -0.2) is 0 Å². The van der Waals surface area contributed by atoms with Crippen molar-refractivity contribution in [1.82, 2.24) is 24.9 Å². The second-order valence-corrected chi connectivity index (χ2v) is 9.34. The molecule has 2 aromatic carbocycles. The number of aryl methyl sites for hydroxylation is 1. The van der Waals surface area contributed by atoms with Crippen molar-refractivity contribution in [3.8, 4) is 0 Å². The predicted octanol–water partition coefficient (Wildman–Crippen LogP) is 3.39. The highest BCUT2D eigenvalue weighted by Crippen LogP contribution is 2.22. The Morgan fingerprint density at radius 2 is 1.58 bits per heavy atom. The van der Waals surface area contributed by atoms with E-state index in [1.807, 2.05) is 12.1 Å². The Hall–Kier alpha value is -3.56. The van der Waals surface area contributed by atoms with E-state index in [4.69, 9.17) is 0 Å². The van der Waals surface area contributed by atoms with E-state index in [1.54, 1.807) is 30.7 Å². The summed E-state index contributed by atoms with van der Waals surface area (Å²) in [5.41, 5.74) is 3.88. The summed E-state index contributed by atoms with van der Waals surface area (Å²) in [6.07, 6.45) is 0.916. The molecule has 1 aromatic heterocycles. The van der Waals surface area contributed by atoms with Crippen molar-refractivity contribution in [2.45, 2.75) is 33.4 Å². The smallest absolute Gasteiger partial charge is 0.312 e. The maximum atomic E-state index is 12.5. The predicted molar refractivity (Wildman–Crippen MR) is 139 cm³/mol. The van der Waals surface area contributed by atoms with E-state index in [0.29, 0.717) is 30.0 Å². The lowest BCUT2D eigenvalue weighted by molar-refractivity contribution is -0.386. The van der Waals surface area contributed by atoms with Gasteiger partial charge in [-0.1, -0.05) is 42.5 Å². The first-order chi connectivity index (χ1) is 17.4. The molecular formula is C27H34N6O3. The fourth-order valence-corrected chi connectivity index (χ4v) is 4.66. The van der Waals surface area contributed by atoms with Gasteiger partial charge < -0.3 is 10.2 Å². The van der Waals surface area contributed by atoms with Crippen molar-refractivity contribution in [2.75, 3.05) is 39.3 Å². The first-order valence-corrected chi connectivity index (χ1v) is 12.4. The van der Waals surface area contributed by atoms with Crippen molar-refractivity contribution in [2.24, 2.45) is 0 Å². The number of rotatable bonds is 10. The van der Waals surface area contributed by atoms with Crippen LogP contribution in [0.25, 0.3) is 0 Å². The number of hydrogen-bond donors (Lipinski definition) is 1. The SMILES string of the molecule is Cc1nn(Cc2ccc(C(=O)NCCCN3CCN(Cc4ccccc4)CC3)cc2)c(C)c1[N+](=O)[O-]. The minimum atomic E-state index is -0.395. The summed E-state index contributed by atoms with van der Waals surface area (Å²) in [7, 11) is 0. The normalized spacial score (nSPS) is 14.6. The van der Waals surface area contributed by atoms with Crippen LogP contribution in [0.5, 0.6) is 0 Å². The van der Waals surface area contributed by atoms with Crippen LogP contribution in [0.15, 0.2) is 54.6 Å². The highest BCUT2D eigenvalue weighted by Gasteiger charge is 2.21. The van der Waals surface area contributed by atoms with Crippen LogP contribution < -0.4 is 5.32 Å². The van der Waals surface area contributed by atoms with Gasteiger partial charge in [0.05, 0.1) is 11.5 Å². The number of piperazine rings is 1. The van der Waals surface area contributed by atoms with Gasteiger partial charge in [-0.15, -0.1) is 0 Å². The van der Waals surface area contributed by atoms with E-state index in [9.17, 15) is 14.9 Å². The monoisotopic (exact) mass is 490 g/mol. The largest absolute Gasteiger partial charge is 0.352 e. The van der Waals surface area contributed by atoms with Gasteiger partial charge in [0.2, 0.25) is 0 Å². The van der Waals surface area contributed by atoms with Gasteiger partial charge in [0.1, 0.15) is 11.4 Å². The molecule has 9 nitrogen and oxygen atoms in total. The van der Waals surface area contributed by atoms with Crippen molar-refractivity contribution in [3.63, 3.8) is 0 Å². The van der Waals surface area contributed by atoms with Gasteiger partial charge >= 0.3 is 5.69 Å². The number of carbonyl (C=O) groups is 1. The molecule has 2 heterocycles. The van der Waals surface area contributed by atoms with Crippen molar-refractivity contribution in [1.29, 1.82) is 0 Å². The fraction of sp³-hybridized carbons (Fsp3) is 0.407. The molecule has 4 rings (SSSR count). The summed E-state index contributed by atoms with van der Waals surface area (Å²) < 4.78 is 1.63. The lowest BCUT2D eigenvalue weighted by atomic mass is 10.1. The number of amides is 1. The second-order valence-electron chi connectivity index (χ2n) is 9.34. The third kappa shape index (κ3) is 6.56. The molecule has 1 aliphatic rings. The number of nitrogens with zero attached hydrogens (tertiary/aromatic N) is 5. The Labute approximate surface area is 211 Å². The Morgan fingerprint density at radius 1 is 0.944 bits per heavy atom. The average molecular weight is 491 g/mol. The van der Waals surface area contributed by atoms with Gasteiger partial charge in [-0.3, -0.25) is 24.5 Å². The zero-order valence-corrected chi connectivity index (χ0v) is 21.0. The zero-order valence-electron chi connectivity index (χ0n) is 21.0. The summed E-state index contributed by atoms with van der Waals surface area (Å²) in [5.74, 6) is -0.0871. The molecule has 1 amide bonds. The molecule has 1 fully saturated rings. The van der Waals surface area contributed by atoms with Crippen LogP contribution in [0, 0.1) is 24.0 Å². The maximum Gasteiger partial charge on any atom is 0.312 e. The van der Waals surface area contributed by atoms with Crippen molar-refractivity contribution < 1.29 is 9.72 Å². The molecule has 0 radical (unpaired) electrons. The minimum Gasteiger partial charge on any atom is -0.352 e. The molecule has 1 aliphatic heterocycles. The molecule has 0 bridgehead atoms. The van der Waals surface area contributed by atoms with Gasteiger partial charge in [-0.05, 0) is 50.1 Å². The van der Waals surface area contributed by atoms with Gasteiger partial charge in [0.15, 0.2) is 0 Å². The number of aromatic nitrogens is 2. The number of benzene rings is 2. The van der Waals surface area contributed by atoms with Crippen LogP contribution in [0.4, 0.5) is 5.69 Å². The Bertz CT molecular complexity index is 1170. The molecule has 9 heteroatoms. The summed E-state index contributed by atoms with van der Waals surface area (Å²) >= 11 is 0. The molecule has 3 aromatic rings. The molecule has 36 heavy (non-hydrogen) atoms. The van der Waals surface area contributed by atoms with E-state index in [-0.39, 0.29) is 11.6 Å². The number of nitro groups is 1. The van der Waals surface area contributed by atoms with Crippen LogP contribution in [-0.2, 0) is 13.1 Å². The van der Waals surface area contributed by atoms with Crippen molar-refractivity contribution in [3.05, 3.63) is 92.8 Å². The Balaban J connectivity index is 1.16. The fourth-order valence-electron chi connectivity index (χ4n) is 4.66. The van der Waals surface area contributed by atoms with E-state index in [0.717, 1.165) is 51.3 Å². The number of nitrogens with one attached hydrogen (secondary N) is 1. The minimum absolute atomic E-state index is 0.0556. The van der Waals surface area contributed by atoms with Crippen LogP contribution in [0.3, 0.4) is 0 Å². The molecule has 190 valence electrons. The summed E-state index contributed by atoms with van der Waals surface area (Å²) in [5, 5.41) is 18.5. The number of hydrogen-bond acceptors (Lipinski definition) is 6. The second kappa shape index (κ2) is 11.9. The van der Waals surface area contributed by atoms with Gasteiger partial charge in [0.25, 0.3) is 5.91 Å². The third-order valence-electron chi connectivity index (χ3n) is 6.72. The quantitative estimate of drug-likeness (QED) is 0.266. The zero-order chi connectivity index (χ0) is 25.5. The van der Waals surface area contributed by atoms with Gasteiger partial charge in [-0.2, -0.15) is 5.10 Å². The summed E-state index contributed by atoms with van der Waals surface area (Å²) in [6.45, 7) is 10.6. The highest BCUT2D eigenvalue weighted by atomic mass is 16.6. The molecular weight excluding hydrogens is 456 g/mol. The average Bonchev–Trinajstić information content (AvgIpc) is 3.16. The van der Waals surface area contributed by atoms with E-state index in [2.05, 4.69) is 50.5 Å². The topological polar surface area (TPSA) is 96.5 Å². The van der Waals surface area contributed by atoms with Crippen LogP contribution in [0.2, 0.25) is 0 Å². The molecule has 1 N–H and O–H groups in total. The van der Waals surface area contributed by atoms with Crippen LogP contribution in [-0.4, -0.2) is 69.7 Å². The lowest BCUT2D eigenvalue weighted by Crippen LogP contribution is -2.46. The van der Waals surface area contributed by atoms with Crippen molar-refractivity contribution >= 4 is 11.6 Å². The molecule has 0 unspecified atom stereocenters. The van der Waals surface area contributed by atoms with E-state index < -0.39 is 4.92 Å². The van der Waals surface area contributed by atoms with E-state index >= 15 is 0 Å². The standard InChI is InChI=1S/C27H34N6O3/c1-21-26(33(35)36)22(2)32(29-21)20-24-9-11-25(12-10-24)27(34)28-13-6-14-30-15-17-31(18-16-30)19-23-7-4-3-5-8-23/h3-5,7-12H,6,13-20H2,1-2H3,(H,28,34). The summed E-state index contributed by atoms with van der Waals surface area (Å²) in [4.78, 5) is 28.3. The summed E-state index contributed by atoms with van der Waals surface area (Å²) in [6, 6.07) is 17.9. The molecule has 0 aliphatic carbocycles. The van der Waals surface area contributed by atoms with E-state index in [1.165, 1.54) is 5.56 Å². The third-order valence-corrected chi connectivity index (χ3v) is 6.72. The molecule has 0 atom stereocenters. The first-order valence-electron chi connectivity index (χ1n) is 12.4. The Kier molecular flexibility index (Phi) is 8.45. The molecule has 0 saturated carbocycles. The Morgan fingerprint density at radius 3 is 2.22 bits per heavy atom. The molecule has 1 saturated heterocycles. The number of carbonyl (C=O) groups excluding carboxylic acids is 1. The molecule has 0 spiro atoms. The van der Waals surface area contributed by atoms with Gasteiger partial charge in [0, 0.05) is 44.8 Å².